The highest BCUT2D eigenvalue weighted by molar-refractivity contribution is 5.63. The van der Waals surface area contributed by atoms with Crippen LogP contribution in [0.3, 0.4) is 0 Å². The number of aryl methyl sites for hydroxylation is 4. The molecular weight excluding hydrogens is 364 g/mol. The Hall–Kier alpha value is -2.35. The molecule has 2 aromatic carbocycles. The lowest BCUT2D eigenvalue weighted by atomic mass is 9.96. The molecule has 0 fully saturated rings. The molecule has 0 unspecified atom stereocenters. The van der Waals surface area contributed by atoms with Crippen LogP contribution >= 0.6 is 0 Å². The number of unbranched alkanes of at least 4 members (excludes halogenated alkanes) is 1. The van der Waals surface area contributed by atoms with Crippen molar-refractivity contribution in [3.8, 4) is 17.1 Å². The van der Waals surface area contributed by atoms with E-state index in [0.29, 0.717) is 5.92 Å². The van der Waals surface area contributed by atoms with Gasteiger partial charge in [-0.15, -0.1) is 0 Å². The van der Waals surface area contributed by atoms with Crippen LogP contribution in [-0.4, -0.2) is 4.57 Å². The van der Waals surface area contributed by atoms with Crippen LogP contribution in [0, 0.1) is 20.8 Å². The third-order valence-electron chi connectivity index (χ3n) is 5.20. The molecule has 2 nitrogen and oxygen atoms in total. The average Bonchev–Trinajstić information content (AvgIpc) is 3.09. The van der Waals surface area contributed by atoms with Crippen molar-refractivity contribution in [1.29, 1.82) is 0 Å². The summed E-state index contributed by atoms with van der Waals surface area (Å²) in [6, 6.07) is 13.3. The molecule has 3 aromatic rings. The van der Waals surface area contributed by atoms with Crippen LogP contribution in [0.4, 0.5) is 0 Å². The molecule has 0 aliphatic heterocycles. The van der Waals surface area contributed by atoms with Crippen LogP contribution in [0.15, 0.2) is 48.8 Å². The third-order valence-corrected chi connectivity index (χ3v) is 5.20. The molecule has 0 amide bonds. The minimum absolute atomic E-state index is 0.491. The topological polar surface area (TPSA) is 8.81 Å². The van der Waals surface area contributed by atoms with E-state index < -0.39 is 0 Å². The van der Waals surface area contributed by atoms with Crippen molar-refractivity contribution in [2.24, 2.45) is 7.05 Å². The van der Waals surface area contributed by atoms with Crippen molar-refractivity contribution in [3.05, 3.63) is 71.0 Å². The molecule has 0 radical (unpaired) electrons. The zero-order valence-electron chi connectivity index (χ0n) is 21.0. The van der Waals surface area contributed by atoms with E-state index in [1.165, 1.54) is 52.2 Å². The minimum atomic E-state index is 0.491. The van der Waals surface area contributed by atoms with E-state index in [1.807, 2.05) is 13.8 Å². The third kappa shape index (κ3) is 6.08. The van der Waals surface area contributed by atoms with Gasteiger partial charge in [0.15, 0.2) is 0 Å². The van der Waals surface area contributed by atoms with Crippen molar-refractivity contribution in [3.63, 3.8) is 0 Å². The van der Waals surface area contributed by atoms with E-state index in [2.05, 4.69) is 113 Å². The summed E-state index contributed by atoms with van der Waals surface area (Å²) in [5.74, 6) is 1.72. The van der Waals surface area contributed by atoms with E-state index >= 15 is 0 Å². The van der Waals surface area contributed by atoms with Gasteiger partial charge in [0, 0.05) is 0 Å². The quantitative estimate of drug-likeness (QED) is 0.389. The maximum atomic E-state index is 2.34. The standard InChI is InChI=1S/C22H27N2.C4H10.C2H6/c1-15(2)19-9-7-8-10-20(19)22-23(6)11-12-24(22)21-17(4)13-16(3)14-18(21)5;1-3-4-2;1-2/h7-15H,1-6H3;3-4H2,1-2H3;1-2H3/q+1;;. The van der Waals surface area contributed by atoms with Gasteiger partial charge < -0.3 is 0 Å². The maximum Gasteiger partial charge on any atom is 0.294 e. The van der Waals surface area contributed by atoms with E-state index in [4.69, 9.17) is 0 Å². The van der Waals surface area contributed by atoms with Gasteiger partial charge in [-0.3, -0.25) is 0 Å². The van der Waals surface area contributed by atoms with Crippen LogP contribution in [0.2, 0.25) is 0 Å². The SMILES string of the molecule is CC.CCCC.Cc1cc(C)c(-n2cc[n+](C)c2-c2ccccc2C(C)C)c(C)c1. The first-order valence-corrected chi connectivity index (χ1v) is 11.6. The van der Waals surface area contributed by atoms with Crippen LogP contribution in [0.5, 0.6) is 0 Å². The van der Waals surface area contributed by atoms with Gasteiger partial charge >= 0.3 is 0 Å². The Morgan fingerprint density at radius 1 is 0.900 bits per heavy atom. The van der Waals surface area contributed by atoms with Crippen molar-refractivity contribution < 1.29 is 4.57 Å². The molecule has 0 saturated carbocycles. The first kappa shape index (κ1) is 25.7. The fraction of sp³-hybridized carbons (Fsp3) is 0.464. The second-order valence-electron chi connectivity index (χ2n) is 8.09. The summed E-state index contributed by atoms with van der Waals surface area (Å²) in [7, 11) is 2.13. The van der Waals surface area contributed by atoms with Crippen molar-refractivity contribution >= 4 is 0 Å². The molecule has 3 rings (SSSR count). The molecule has 1 heterocycles. The summed E-state index contributed by atoms with van der Waals surface area (Å²) >= 11 is 0. The van der Waals surface area contributed by atoms with Crippen LogP contribution < -0.4 is 4.57 Å². The molecule has 2 heteroatoms. The van der Waals surface area contributed by atoms with Gasteiger partial charge in [0.1, 0.15) is 18.1 Å². The highest BCUT2D eigenvalue weighted by atomic mass is 15.1. The summed E-state index contributed by atoms with van der Waals surface area (Å²) in [4.78, 5) is 0. The van der Waals surface area contributed by atoms with Gasteiger partial charge in [0.05, 0.1) is 12.6 Å². The highest BCUT2D eigenvalue weighted by Crippen LogP contribution is 2.30. The fourth-order valence-corrected chi connectivity index (χ4v) is 3.73. The molecule has 0 aliphatic carbocycles. The summed E-state index contributed by atoms with van der Waals surface area (Å²) < 4.78 is 4.56. The number of nitrogens with zero attached hydrogens (tertiary/aromatic N) is 2. The number of benzene rings is 2. The number of imidazole rings is 1. The van der Waals surface area contributed by atoms with Gasteiger partial charge in [0.2, 0.25) is 0 Å². The Morgan fingerprint density at radius 2 is 1.43 bits per heavy atom. The van der Waals surface area contributed by atoms with E-state index in [9.17, 15) is 0 Å². The molecule has 0 bridgehead atoms. The van der Waals surface area contributed by atoms with Crippen molar-refractivity contribution in [2.75, 3.05) is 0 Å². The largest absolute Gasteiger partial charge is 0.294 e. The number of aromatic nitrogens is 2. The number of hydrogen-bond donors (Lipinski definition) is 0. The Kier molecular flexibility index (Phi) is 10.6. The first-order valence-electron chi connectivity index (χ1n) is 11.6. The van der Waals surface area contributed by atoms with E-state index in [-0.39, 0.29) is 0 Å². The summed E-state index contributed by atoms with van der Waals surface area (Å²) in [6.45, 7) is 19.4. The Labute approximate surface area is 185 Å². The molecule has 164 valence electrons. The molecular formula is C28H43N2+. The lowest BCUT2D eigenvalue weighted by Crippen LogP contribution is -2.29. The van der Waals surface area contributed by atoms with Gasteiger partial charge in [0.25, 0.3) is 5.82 Å². The average molecular weight is 408 g/mol. The Bertz CT molecular complexity index is 891. The van der Waals surface area contributed by atoms with Gasteiger partial charge in [-0.1, -0.05) is 90.3 Å². The van der Waals surface area contributed by atoms with E-state index in [1.54, 1.807) is 0 Å². The highest BCUT2D eigenvalue weighted by Gasteiger charge is 2.24. The molecule has 1 aromatic heterocycles. The van der Waals surface area contributed by atoms with Gasteiger partial charge in [-0.05, 0) is 49.4 Å². The summed E-state index contributed by atoms with van der Waals surface area (Å²) in [5.41, 5.74) is 7.91. The zero-order valence-corrected chi connectivity index (χ0v) is 21.0. The van der Waals surface area contributed by atoms with Gasteiger partial charge in [-0.25, -0.2) is 4.57 Å². The fourth-order valence-electron chi connectivity index (χ4n) is 3.73. The Balaban J connectivity index is 0.000000673. The molecule has 0 N–H and O–H groups in total. The normalized spacial score (nSPS) is 10.2. The predicted octanol–water partition coefficient (Wildman–Crippen LogP) is 7.85. The monoisotopic (exact) mass is 407 g/mol. The van der Waals surface area contributed by atoms with Crippen molar-refractivity contribution in [2.45, 2.75) is 81.1 Å². The molecule has 0 atom stereocenters. The maximum absolute atomic E-state index is 2.34. The van der Waals surface area contributed by atoms with E-state index in [0.717, 1.165) is 0 Å². The molecule has 0 spiro atoms. The van der Waals surface area contributed by atoms with Crippen LogP contribution in [0.25, 0.3) is 17.1 Å². The molecule has 0 aliphatic rings. The summed E-state index contributed by atoms with van der Waals surface area (Å²) in [5, 5.41) is 0. The smallest absolute Gasteiger partial charge is 0.232 e. The zero-order chi connectivity index (χ0) is 22.8. The first-order chi connectivity index (χ1) is 14.3. The molecule has 0 saturated heterocycles. The van der Waals surface area contributed by atoms with Crippen LogP contribution in [0.1, 0.15) is 82.6 Å². The molecule has 30 heavy (non-hydrogen) atoms. The number of rotatable bonds is 4. The second kappa shape index (κ2) is 12.4. The van der Waals surface area contributed by atoms with Gasteiger partial charge in [-0.2, -0.15) is 4.57 Å². The lowest BCUT2D eigenvalue weighted by molar-refractivity contribution is -0.659. The lowest BCUT2D eigenvalue weighted by Gasteiger charge is -2.14. The van der Waals surface area contributed by atoms with Crippen molar-refractivity contribution in [1.82, 2.24) is 4.57 Å². The minimum Gasteiger partial charge on any atom is -0.232 e. The Morgan fingerprint density at radius 3 is 1.93 bits per heavy atom. The van der Waals surface area contributed by atoms with Crippen LogP contribution in [-0.2, 0) is 7.05 Å². The number of hydrogen-bond acceptors (Lipinski definition) is 0. The summed E-state index contributed by atoms with van der Waals surface area (Å²) in [6.07, 6.45) is 6.96. The second-order valence-corrected chi connectivity index (χ2v) is 8.09. The predicted molar refractivity (Wildman–Crippen MR) is 133 cm³/mol.